The smallest absolute Gasteiger partial charge is 0.222 e. The third-order valence-electron chi connectivity index (χ3n) is 2.56. The third-order valence-corrected chi connectivity index (χ3v) is 2.56. The summed E-state index contributed by atoms with van der Waals surface area (Å²) in [6.07, 6.45) is 2.20. The van der Waals surface area contributed by atoms with Crippen LogP contribution in [0.5, 0.6) is 0 Å². The molecule has 0 radical (unpaired) electrons. The number of benzene rings is 1. The van der Waals surface area contributed by atoms with Crippen LogP contribution in [0.25, 0.3) is 0 Å². The molecule has 1 rings (SSSR count). The maximum absolute atomic E-state index is 11.5. The van der Waals surface area contributed by atoms with Gasteiger partial charge in [-0.1, -0.05) is 24.3 Å². The molecule has 92 valence electrons. The summed E-state index contributed by atoms with van der Waals surface area (Å²) in [5, 5.41) is 2.78. The van der Waals surface area contributed by atoms with Gasteiger partial charge in [0.2, 0.25) is 5.91 Å². The number of para-hydroxylation sites is 1. The summed E-state index contributed by atoms with van der Waals surface area (Å²) in [7, 11) is 0. The van der Waals surface area contributed by atoms with Gasteiger partial charge in [0.1, 0.15) is 0 Å². The van der Waals surface area contributed by atoms with Crippen molar-refractivity contribution in [2.75, 3.05) is 24.5 Å². The Morgan fingerprint density at radius 1 is 1.41 bits per heavy atom. The third kappa shape index (κ3) is 4.72. The van der Waals surface area contributed by atoms with E-state index in [1.807, 2.05) is 18.2 Å². The molecule has 1 amide bonds. The molecule has 1 aromatic rings. The molecule has 1 aromatic carbocycles. The summed E-state index contributed by atoms with van der Waals surface area (Å²) in [6.45, 7) is 7.84. The van der Waals surface area contributed by atoms with E-state index in [0.29, 0.717) is 13.0 Å². The standard InChI is InChI=1S/C14H20N2O/c1-3-11-15-14(17)10-12-16(4-2)13-8-6-5-7-9-13/h3,5-9H,1,4,10-12H2,2H3,(H,15,17). The van der Waals surface area contributed by atoms with E-state index in [-0.39, 0.29) is 5.91 Å². The molecule has 0 saturated carbocycles. The van der Waals surface area contributed by atoms with Gasteiger partial charge in [0.15, 0.2) is 0 Å². The van der Waals surface area contributed by atoms with Gasteiger partial charge in [0.25, 0.3) is 0 Å². The zero-order chi connectivity index (χ0) is 12.5. The Labute approximate surface area is 103 Å². The predicted molar refractivity (Wildman–Crippen MR) is 72.2 cm³/mol. The van der Waals surface area contributed by atoms with Crippen LogP contribution in [0.1, 0.15) is 13.3 Å². The number of carbonyl (C=O) groups excluding carboxylic acids is 1. The zero-order valence-electron chi connectivity index (χ0n) is 10.4. The minimum atomic E-state index is 0.0688. The van der Waals surface area contributed by atoms with E-state index in [2.05, 4.69) is 35.9 Å². The summed E-state index contributed by atoms with van der Waals surface area (Å²) in [5.41, 5.74) is 1.16. The molecular formula is C14H20N2O. The molecule has 1 N–H and O–H groups in total. The first-order valence-corrected chi connectivity index (χ1v) is 5.95. The van der Waals surface area contributed by atoms with Crippen molar-refractivity contribution in [1.29, 1.82) is 0 Å². The second-order valence-electron chi connectivity index (χ2n) is 3.76. The van der Waals surface area contributed by atoms with Crippen molar-refractivity contribution in [3.8, 4) is 0 Å². The molecule has 0 aliphatic carbocycles. The highest BCUT2D eigenvalue weighted by atomic mass is 16.1. The van der Waals surface area contributed by atoms with Gasteiger partial charge in [-0.15, -0.1) is 6.58 Å². The van der Waals surface area contributed by atoms with E-state index in [1.54, 1.807) is 6.08 Å². The van der Waals surface area contributed by atoms with Gasteiger partial charge in [0, 0.05) is 31.7 Å². The molecule has 17 heavy (non-hydrogen) atoms. The average molecular weight is 232 g/mol. The summed E-state index contributed by atoms with van der Waals surface area (Å²) in [5.74, 6) is 0.0688. The Hall–Kier alpha value is -1.77. The van der Waals surface area contributed by atoms with Gasteiger partial charge in [-0.25, -0.2) is 0 Å². The molecule has 3 nitrogen and oxygen atoms in total. The fourth-order valence-corrected chi connectivity index (χ4v) is 1.62. The fourth-order valence-electron chi connectivity index (χ4n) is 1.62. The van der Waals surface area contributed by atoms with Crippen LogP contribution in [0, 0.1) is 0 Å². The number of amides is 1. The summed E-state index contributed by atoms with van der Waals surface area (Å²) >= 11 is 0. The minimum Gasteiger partial charge on any atom is -0.371 e. The molecule has 0 spiro atoms. The largest absolute Gasteiger partial charge is 0.371 e. The van der Waals surface area contributed by atoms with Gasteiger partial charge in [-0.2, -0.15) is 0 Å². The first-order valence-electron chi connectivity index (χ1n) is 5.95. The maximum atomic E-state index is 11.5. The van der Waals surface area contributed by atoms with Crippen molar-refractivity contribution < 1.29 is 4.79 Å². The monoisotopic (exact) mass is 232 g/mol. The van der Waals surface area contributed by atoms with Gasteiger partial charge in [-0.3, -0.25) is 4.79 Å². The number of hydrogen-bond donors (Lipinski definition) is 1. The SMILES string of the molecule is C=CCNC(=O)CCN(CC)c1ccccc1. The van der Waals surface area contributed by atoms with E-state index >= 15 is 0 Å². The molecule has 0 saturated heterocycles. The predicted octanol–water partition coefficient (Wildman–Crippen LogP) is 2.21. The van der Waals surface area contributed by atoms with Crippen LogP contribution in [0.2, 0.25) is 0 Å². The number of carbonyl (C=O) groups is 1. The Balaban J connectivity index is 2.43. The van der Waals surface area contributed by atoms with Crippen LogP contribution < -0.4 is 10.2 Å². The van der Waals surface area contributed by atoms with E-state index in [1.165, 1.54) is 0 Å². The second-order valence-corrected chi connectivity index (χ2v) is 3.76. The minimum absolute atomic E-state index is 0.0688. The molecule has 0 aliphatic heterocycles. The van der Waals surface area contributed by atoms with Crippen molar-refractivity contribution in [3.63, 3.8) is 0 Å². The Morgan fingerprint density at radius 3 is 2.71 bits per heavy atom. The van der Waals surface area contributed by atoms with E-state index in [4.69, 9.17) is 0 Å². The lowest BCUT2D eigenvalue weighted by atomic mass is 10.2. The molecule has 0 unspecified atom stereocenters. The van der Waals surface area contributed by atoms with Crippen molar-refractivity contribution in [2.45, 2.75) is 13.3 Å². The van der Waals surface area contributed by atoms with Crippen LogP contribution in [0.3, 0.4) is 0 Å². The van der Waals surface area contributed by atoms with Gasteiger partial charge >= 0.3 is 0 Å². The number of rotatable bonds is 7. The van der Waals surface area contributed by atoms with Gasteiger partial charge < -0.3 is 10.2 Å². The number of nitrogens with zero attached hydrogens (tertiary/aromatic N) is 1. The first kappa shape index (κ1) is 13.3. The van der Waals surface area contributed by atoms with Crippen LogP contribution in [-0.4, -0.2) is 25.5 Å². The quantitative estimate of drug-likeness (QED) is 0.731. The topological polar surface area (TPSA) is 32.3 Å². The van der Waals surface area contributed by atoms with Crippen LogP contribution in [-0.2, 0) is 4.79 Å². The Kier molecular flexibility index (Phi) is 5.86. The van der Waals surface area contributed by atoms with Crippen LogP contribution in [0.15, 0.2) is 43.0 Å². The average Bonchev–Trinajstić information content (AvgIpc) is 2.38. The lowest BCUT2D eigenvalue weighted by molar-refractivity contribution is -0.120. The van der Waals surface area contributed by atoms with Crippen LogP contribution >= 0.6 is 0 Å². The number of anilines is 1. The summed E-state index contributed by atoms with van der Waals surface area (Å²) in [6, 6.07) is 10.1. The van der Waals surface area contributed by atoms with E-state index in [0.717, 1.165) is 18.8 Å². The highest BCUT2D eigenvalue weighted by Gasteiger charge is 2.06. The molecule has 0 heterocycles. The zero-order valence-corrected chi connectivity index (χ0v) is 10.4. The van der Waals surface area contributed by atoms with Crippen molar-refractivity contribution in [1.82, 2.24) is 5.32 Å². The van der Waals surface area contributed by atoms with Crippen molar-refractivity contribution in [3.05, 3.63) is 43.0 Å². The molecule has 0 aliphatic rings. The number of nitrogens with one attached hydrogen (secondary N) is 1. The van der Waals surface area contributed by atoms with E-state index in [9.17, 15) is 4.79 Å². The molecule has 0 aromatic heterocycles. The molecule has 3 heteroatoms. The Morgan fingerprint density at radius 2 is 2.12 bits per heavy atom. The highest BCUT2D eigenvalue weighted by molar-refractivity contribution is 5.76. The second kappa shape index (κ2) is 7.49. The molecule has 0 atom stereocenters. The van der Waals surface area contributed by atoms with Gasteiger partial charge in [0.05, 0.1) is 0 Å². The lowest BCUT2D eigenvalue weighted by Gasteiger charge is -2.22. The first-order chi connectivity index (χ1) is 8.27. The van der Waals surface area contributed by atoms with Crippen LogP contribution in [0.4, 0.5) is 5.69 Å². The maximum Gasteiger partial charge on any atom is 0.222 e. The molecular weight excluding hydrogens is 212 g/mol. The van der Waals surface area contributed by atoms with E-state index < -0.39 is 0 Å². The number of hydrogen-bond acceptors (Lipinski definition) is 2. The Bertz CT molecular complexity index is 348. The molecule has 0 fully saturated rings. The molecule has 0 bridgehead atoms. The lowest BCUT2D eigenvalue weighted by Crippen LogP contribution is -2.30. The normalized spacial score (nSPS) is 9.71. The summed E-state index contributed by atoms with van der Waals surface area (Å²) < 4.78 is 0. The van der Waals surface area contributed by atoms with Gasteiger partial charge in [-0.05, 0) is 19.1 Å². The summed E-state index contributed by atoms with van der Waals surface area (Å²) in [4.78, 5) is 13.7. The van der Waals surface area contributed by atoms with Crippen molar-refractivity contribution >= 4 is 11.6 Å². The van der Waals surface area contributed by atoms with Crippen molar-refractivity contribution in [2.24, 2.45) is 0 Å². The fraction of sp³-hybridized carbons (Fsp3) is 0.357. The highest BCUT2D eigenvalue weighted by Crippen LogP contribution is 2.12.